The summed E-state index contributed by atoms with van der Waals surface area (Å²) in [6.45, 7) is 13.9. The van der Waals surface area contributed by atoms with Crippen LogP contribution in [0.25, 0.3) is 0 Å². The maximum absolute atomic E-state index is 13.0. The number of anilines is 1. The summed E-state index contributed by atoms with van der Waals surface area (Å²) in [5.74, 6) is 0.237. The van der Waals surface area contributed by atoms with E-state index in [1.807, 2.05) is 42.5 Å². The second kappa shape index (κ2) is 23.3. The van der Waals surface area contributed by atoms with Crippen molar-refractivity contribution in [3.63, 3.8) is 0 Å². The molecule has 0 saturated heterocycles. The summed E-state index contributed by atoms with van der Waals surface area (Å²) in [4.78, 5) is 25.8. The quantitative estimate of drug-likeness (QED) is 0.145. The van der Waals surface area contributed by atoms with Crippen molar-refractivity contribution in [1.82, 2.24) is 0 Å². The minimum absolute atomic E-state index is 0. The molecule has 1 aliphatic rings. The van der Waals surface area contributed by atoms with Gasteiger partial charge in [0, 0.05) is 40.9 Å². The van der Waals surface area contributed by atoms with Gasteiger partial charge in [-0.25, -0.2) is 4.79 Å². The first-order valence-corrected chi connectivity index (χ1v) is 8.99. The largest absolute Gasteiger partial charge is 0 e. The molecule has 0 atom stereocenters. The third-order valence-corrected chi connectivity index (χ3v) is 3.87. The monoisotopic (exact) mass is 493 g/mol. The van der Waals surface area contributed by atoms with Crippen LogP contribution in [0.3, 0.4) is 0 Å². The molecule has 0 fully saturated rings. The molecule has 0 heterocycles. The van der Waals surface area contributed by atoms with Crippen molar-refractivity contribution in [2.24, 2.45) is 0 Å². The number of allylic oxidation sites excluding steroid dienone is 4. The molecule has 0 aromatic heterocycles. The van der Waals surface area contributed by atoms with E-state index in [9.17, 15) is 9.59 Å². The minimum Gasteiger partial charge on any atom is 0 e. The molecule has 0 aliphatic heterocycles. The number of carbonyl (C=O) groups excluding carboxylic acids is 2. The summed E-state index contributed by atoms with van der Waals surface area (Å²) in [6, 6.07) is 9.49. The topological polar surface area (TPSA) is 116 Å². The number of hydrogen-bond donors (Lipinski definition) is 0. The average molecular weight is 493 g/mol. The number of amides is 1. The smallest absolute Gasteiger partial charge is 0 e. The Morgan fingerprint density at radius 1 is 1.03 bits per heavy atom. The van der Waals surface area contributed by atoms with Gasteiger partial charge < -0.3 is 14.4 Å². The second-order valence-electron chi connectivity index (χ2n) is 5.58. The van der Waals surface area contributed by atoms with Gasteiger partial charge in [0.05, 0.1) is 14.2 Å². The predicted molar refractivity (Wildman–Crippen MR) is 113 cm³/mol. The van der Waals surface area contributed by atoms with Crippen LogP contribution in [0.5, 0.6) is 0 Å². The number of rotatable bonds is 7. The number of hydrogen-bond acceptors (Lipinski definition) is 4. The maximum atomic E-state index is 13.0. The van der Waals surface area contributed by atoms with E-state index in [4.69, 9.17) is 18.7 Å². The Morgan fingerprint density at radius 2 is 1.64 bits per heavy atom. The molecule has 1 amide bonds. The summed E-state index contributed by atoms with van der Waals surface area (Å²) in [6.07, 6.45) is 11.7. The molecule has 9 heteroatoms. The Bertz CT molecular complexity index is 867. The van der Waals surface area contributed by atoms with Crippen LogP contribution in [-0.2, 0) is 50.1 Å². The Morgan fingerprint density at radius 3 is 2.18 bits per heavy atom. The zero-order valence-electron chi connectivity index (χ0n) is 18.1. The Kier molecular flexibility index (Phi) is 24.2. The third-order valence-electron chi connectivity index (χ3n) is 3.87. The van der Waals surface area contributed by atoms with E-state index in [1.165, 1.54) is 13.2 Å². The van der Waals surface area contributed by atoms with Crippen LogP contribution in [-0.4, -0.2) is 32.6 Å². The van der Waals surface area contributed by atoms with E-state index < -0.39 is 5.97 Å². The first-order valence-electron chi connectivity index (χ1n) is 8.99. The molecule has 0 N–H and O–H groups in total. The van der Waals surface area contributed by atoms with Crippen molar-refractivity contribution in [2.75, 3.05) is 25.7 Å². The number of ether oxygens (including phenoxy) is 2. The molecule has 0 bridgehead atoms. The minimum atomic E-state index is -0.420. The van der Waals surface area contributed by atoms with Gasteiger partial charge in [0.15, 0.2) is 0 Å². The van der Waals surface area contributed by atoms with Crippen molar-refractivity contribution < 1.29 is 50.1 Å². The van der Waals surface area contributed by atoms with Gasteiger partial charge in [-0.05, 0) is 37.1 Å². The Hall–Kier alpha value is -3.34. The Balaban J connectivity index is -0.00000119. The Labute approximate surface area is 204 Å². The van der Waals surface area contributed by atoms with Crippen LogP contribution in [0.2, 0.25) is 0 Å². The number of methoxy groups -OCH3 is 2. The summed E-state index contributed by atoms with van der Waals surface area (Å²) in [7, 11) is 2.92. The number of para-hydroxylation sites is 1. The van der Waals surface area contributed by atoms with Crippen molar-refractivity contribution in [1.29, 1.82) is 0 Å². The molecular weight excluding hydrogens is 470 g/mol. The van der Waals surface area contributed by atoms with Crippen molar-refractivity contribution in [3.05, 3.63) is 98.1 Å². The zero-order chi connectivity index (χ0) is 24.8. The van der Waals surface area contributed by atoms with E-state index >= 15 is 0 Å². The molecule has 0 radical (unpaired) electrons. The fraction of sp³-hybridized carbons (Fsp3) is 0.208. The van der Waals surface area contributed by atoms with Gasteiger partial charge in [-0.15, -0.1) is 0 Å². The van der Waals surface area contributed by atoms with Gasteiger partial charge in [0.25, 0.3) is 5.91 Å². The number of nitrogens with zero attached hydrogens (tertiary/aromatic N) is 1. The molecule has 33 heavy (non-hydrogen) atoms. The van der Waals surface area contributed by atoms with Gasteiger partial charge in [-0.2, -0.15) is 0 Å². The molecule has 2 rings (SSSR count). The van der Waals surface area contributed by atoms with Crippen molar-refractivity contribution in [3.8, 4) is 0 Å². The second-order valence-corrected chi connectivity index (χ2v) is 5.58. The molecule has 1 aromatic rings. The number of esters is 1. The normalized spacial score (nSPS) is 11.3. The fourth-order valence-corrected chi connectivity index (χ4v) is 2.52. The molecule has 0 saturated carbocycles. The van der Waals surface area contributed by atoms with Gasteiger partial charge >= 0.3 is 39.9 Å². The number of carbonyl (C=O) groups is 2. The van der Waals surface area contributed by atoms with Gasteiger partial charge in [0.1, 0.15) is 5.76 Å². The van der Waals surface area contributed by atoms with E-state index in [1.54, 1.807) is 30.2 Å². The van der Waals surface area contributed by atoms with E-state index in [-0.39, 0.29) is 23.0 Å². The average Bonchev–Trinajstić information content (AvgIpc) is 2.89. The predicted octanol–water partition coefficient (Wildman–Crippen LogP) is 3.44. The van der Waals surface area contributed by atoms with Crippen LogP contribution >= 0.6 is 0 Å². The first-order chi connectivity index (χ1) is 15.7. The molecule has 0 unspecified atom stereocenters. The van der Waals surface area contributed by atoms with E-state index in [2.05, 4.69) is 24.7 Å². The van der Waals surface area contributed by atoms with E-state index in [0.29, 0.717) is 24.3 Å². The molecular formula is C24H23FeNO7. The SMILES string of the molecule is COC(=O)/C=C/C=C/CN(C(=O)C1=CC(OC)=CCC1)c1ccccc1.[C-]#[O+].[C-]#[O+].[C-]#[O+].[Fe]. The molecule has 1 aliphatic carbocycles. The molecule has 0 spiro atoms. The standard InChI is InChI=1S/C21H23NO4.3CO.Fe/c1-25-19-13-9-10-17(16-19)21(24)22(18-11-5-3-6-12-18)15-8-4-7-14-20(23)26-2;3*1-2;/h3-8,11-14,16H,9-10,15H2,1-2H3;;;;/b8-4+,14-7+;;;;. The van der Waals surface area contributed by atoms with Gasteiger partial charge in [-0.1, -0.05) is 36.4 Å². The zero-order valence-corrected chi connectivity index (χ0v) is 19.2. The summed E-state index contributed by atoms with van der Waals surface area (Å²) < 4.78 is 32.3. The summed E-state index contributed by atoms with van der Waals surface area (Å²) >= 11 is 0. The van der Waals surface area contributed by atoms with Crippen LogP contribution in [0.4, 0.5) is 5.69 Å². The first kappa shape index (κ1) is 34.3. The van der Waals surface area contributed by atoms with E-state index in [0.717, 1.165) is 12.1 Å². The third kappa shape index (κ3) is 13.6. The summed E-state index contributed by atoms with van der Waals surface area (Å²) in [5, 5.41) is 0. The molecule has 174 valence electrons. The van der Waals surface area contributed by atoms with Crippen LogP contribution in [0.15, 0.2) is 78.1 Å². The van der Waals surface area contributed by atoms with Crippen LogP contribution < -0.4 is 4.90 Å². The molecule has 8 nitrogen and oxygen atoms in total. The van der Waals surface area contributed by atoms with Crippen LogP contribution in [0, 0.1) is 20.0 Å². The maximum Gasteiger partial charge on any atom is 0 e. The fourth-order valence-electron chi connectivity index (χ4n) is 2.52. The molecule has 1 aromatic carbocycles. The van der Waals surface area contributed by atoms with Gasteiger partial charge in [0.2, 0.25) is 0 Å². The van der Waals surface area contributed by atoms with Gasteiger partial charge in [-0.3, -0.25) is 4.79 Å². The van der Waals surface area contributed by atoms with Crippen molar-refractivity contribution in [2.45, 2.75) is 12.8 Å². The number of benzene rings is 1. The van der Waals surface area contributed by atoms with Crippen molar-refractivity contribution >= 4 is 17.6 Å². The summed E-state index contributed by atoms with van der Waals surface area (Å²) in [5.41, 5.74) is 1.53. The van der Waals surface area contributed by atoms with Crippen LogP contribution in [0.1, 0.15) is 12.8 Å².